The summed E-state index contributed by atoms with van der Waals surface area (Å²) in [6.45, 7) is 8.13. The van der Waals surface area contributed by atoms with Crippen molar-refractivity contribution >= 4 is 44.5 Å². The number of ketones is 2. The van der Waals surface area contributed by atoms with Gasteiger partial charge in [0.05, 0.1) is 25.4 Å². The lowest BCUT2D eigenvalue weighted by molar-refractivity contribution is -0.117. The minimum Gasteiger partial charge on any atom is -0.492 e. The third kappa shape index (κ3) is 4.60. The first-order valence-corrected chi connectivity index (χ1v) is 13.4. The molecule has 5 rings (SSSR count). The molecule has 0 saturated heterocycles. The van der Waals surface area contributed by atoms with Crippen molar-refractivity contribution in [1.29, 1.82) is 0 Å². The van der Waals surface area contributed by atoms with Crippen LogP contribution in [-0.4, -0.2) is 35.8 Å². The summed E-state index contributed by atoms with van der Waals surface area (Å²) in [5.41, 5.74) is 7.51. The number of carbonyl (C=O) groups excluding carboxylic acids is 2. The Bertz CT molecular complexity index is 1650. The number of ether oxygens (including phenoxy) is 2. The third-order valence-corrected chi connectivity index (χ3v) is 7.23. The number of benzene rings is 2. The number of aromatic nitrogens is 2. The summed E-state index contributed by atoms with van der Waals surface area (Å²) in [5, 5.41) is 1.70. The molecule has 0 unspecified atom stereocenters. The molecule has 204 valence electrons. The van der Waals surface area contributed by atoms with Crippen LogP contribution in [0.3, 0.4) is 0 Å². The molecular weight excluding hydrogens is 500 g/mol. The van der Waals surface area contributed by atoms with Crippen molar-refractivity contribution in [1.82, 2.24) is 9.97 Å². The van der Waals surface area contributed by atoms with E-state index in [1.54, 1.807) is 0 Å². The molecule has 0 radical (unpaired) electrons. The standard InChI is InChI=1S/C34H34N2O4/c1-19(2)15-17-25-27(21-11-7-9-13-23(21)35-25)29-31(37)34(40-6)30(32(38)33(29)39-5)28-22-12-8-10-14-24(22)36-26(28)18-16-20(3)4/h7-16,35-36H,17-18H2,1-6H3. The monoisotopic (exact) mass is 534 g/mol. The number of methoxy groups -OCH3 is 2. The highest BCUT2D eigenvalue weighted by molar-refractivity contribution is 6.48. The maximum absolute atomic E-state index is 14.4. The van der Waals surface area contributed by atoms with Crippen LogP contribution in [0.1, 0.15) is 50.2 Å². The van der Waals surface area contributed by atoms with Crippen molar-refractivity contribution in [3.05, 3.63) is 106 Å². The summed E-state index contributed by atoms with van der Waals surface area (Å²) < 4.78 is 11.6. The normalized spacial score (nSPS) is 13.8. The lowest BCUT2D eigenvalue weighted by Crippen LogP contribution is -2.25. The van der Waals surface area contributed by atoms with Crippen LogP contribution in [-0.2, 0) is 31.9 Å². The zero-order chi connectivity index (χ0) is 28.6. The van der Waals surface area contributed by atoms with Gasteiger partial charge in [0, 0.05) is 57.2 Å². The lowest BCUT2D eigenvalue weighted by atomic mass is 9.83. The SMILES string of the molecule is COC1=C(c2c(CC=C(C)C)[nH]c3ccccc23)C(=O)C(OC)=C(c2c(CC=C(C)C)[nH]c3ccccc23)C1=O. The van der Waals surface area contributed by atoms with E-state index in [1.165, 1.54) is 14.2 Å². The van der Waals surface area contributed by atoms with Crippen molar-refractivity contribution in [3.63, 3.8) is 0 Å². The van der Waals surface area contributed by atoms with Crippen LogP contribution in [0, 0.1) is 0 Å². The second-order valence-electron chi connectivity index (χ2n) is 10.5. The second-order valence-corrected chi connectivity index (χ2v) is 10.5. The van der Waals surface area contributed by atoms with Crippen molar-refractivity contribution in [2.75, 3.05) is 14.2 Å². The van der Waals surface area contributed by atoms with Gasteiger partial charge in [-0.2, -0.15) is 0 Å². The van der Waals surface area contributed by atoms with Crippen molar-refractivity contribution < 1.29 is 19.1 Å². The van der Waals surface area contributed by atoms with Gasteiger partial charge in [-0.05, 0) is 39.8 Å². The van der Waals surface area contributed by atoms with Crippen molar-refractivity contribution in [2.24, 2.45) is 0 Å². The number of carbonyl (C=O) groups is 2. The molecule has 6 nitrogen and oxygen atoms in total. The molecule has 2 aromatic heterocycles. The Hall–Kier alpha value is -4.58. The number of allylic oxidation sites excluding steroid dienone is 6. The molecule has 40 heavy (non-hydrogen) atoms. The molecule has 2 heterocycles. The number of aromatic amines is 2. The Morgan fingerprint density at radius 2 is 1.02 bits per heavy atom. The number of hydrogen-bond acceptors (Lipinski definition) is 4. The predicted molar refractivity (Wildman–Crippen MR) is 161 cm³/mol. The largest absolute Gasteiger partial charge is 0.492 e. The van der Waals surface area contributed by atoms with Crippen LogP contribution >= 0.6 is 0 Å². The van der Waals surface area contributed by atoms with Gasteiger partial charge in [-0.25, -0.2) is 0 Å². The number of rotatable bonds is 8. The smallest absolute Gasteiger partial charge is 0.232 e. The number of fused-ring (bicyclic) bond motifs is 2. The van der Waals surface area contributed by atoms with Crippen LogP contribution in [0.5, 0.6) is 0 Å². The average Bonchev–Trinajstić information content (AvgIpc) is 3.49. The number of hydrogen-bond donors (Lipinski definition) is 2. The molecular formula is C34H34N2O4. The van der Waals surface area contributed by atoms with Crippen LogP contribution in [0.25, 0.3) is 33.0 Å². The van der Waals surface area contributed by atoms with Crippen LogP contribution in [0.15, 0.2) is 83.3 Å². The molecule has 1 aliphatic rings. The predicted octanol–water partition coefficient (Wildman–Crippen LogP) is 7.23. The highest BCUT2D eigenvalue weighted by Crippen LogP contribution is 2.43. The Morgan fingerprint density at radius 1 is 0.650 bits per heavy atom. The van der Waals surface area contributed by atoms with E-state index in [1.807, 2.05) is 76.2 Å². The molecule has 2 aromatic carbocycles. The third-order valence-electron chi connectivity index (χ3n) is 7.23. The fourth-order valence-corrected chi connectivity index (χ4v) is 5.39. The Morgan fingerprint density at radius 3 is 1.38 bits per heavy atom. The van der Waals surface area contributed by atoms with Gasteiger partial charge < -0.3 is 19.4 Å². The zero-order valence-electron chi connectivity index (χ0n) is 23.8. The fourth-order valence-electron chi connectivity index (χ4n) is 5.39. The van der Waals surface area contributed by atoms with Gasteiger partial charge >= 0.3 is 0 Å². The van der Waals surface area contributed by atoms with Gasteiger partial charge in [-0.15, -0.1) is 0 Å². The molecule has 2 N–H and O–H groups in total. The lowest BCUT2D eigenvalue weighted by Gasteiger charge is -2.23. The minimum absolute atomic E-state index is 0.0162. The van der Waals surface area contributed by atoms with Crippen LogP contribution < -0.4 is 0 Å². The van der Waals surface area contributed by atoms with Crippen LogP contribution in [0.2, 0.25) is 0 Å². The Kier molecular flexibility index (Phi) is 7.35. The average molecular weight is 535 g/mol. The van der Waals surface area contributed by atoms with Gasteiger partial charge in [0.2, 0.25) is 11.6 Å². The maximum Gasteiger partial charge on any atom is 0.232 e. The van der Waals surface area contributed by atoms with Crippen molar-refractivity contribution in [2.45, 2.75) is 40.5 Å². The molecule has 0 saturated carbocycles. The molecule has 6 heteroatoms. The van der Waals surface area contributed by atoms with E-state index in [-0.39, 0.29) is 34.2 Å². The van der Waals surface area contributed by atoms with Gasteiger partial charge in [0.25, 0.3) is 0 Å². The minimum atomic E-state index is -0.379. The number of Topliss-reactive ketones (excluding diaryl/α,β-unsaturated/α-hetero) is 2. The summed E-state index contributed by atoms with van der Waals surface area (Å²) >= 11 is 0. The molecule has 0 spiro atoms. The summed E-state index contributed by atoms with van der Waals surface area (Å²) in [6, 6.07) is 15.6. The topological polar surface area (TPSA) is 84.2 Å². The maximum atomic E-state index is 14.4. The second kappa shape index (κ2) is 10.9. The summed E-state index contributed by atoms with van der Waals surface area (Å²) in [5.74, 6) is -0.726. The number of nitrogens with one attached hydrogen (secondary N) is 2. The van der Waals surface area contributed by atoms with E-state index in [0.717, 1.165) is 44.3 Å². The number of H-pyrrole nitrogens is 2. The Labute approximate surface area is 234 Å². The molecule has 0 amide bonds. The van der Waals surface area contributed by atoms with Crippen molar-refractivity contribution in [3.8, 4) is 0 Å². The number of para-hydroxylation sites is 2. The first-order valence-electron chi connectivity index (χ1n) is 13.4. The molecule has 0 bridgehead atoms. The highest BCUT2D eigenvalue weighted by atomic mass is 16.5. The van der Waals surface area contributed by atoms with E-state index in [9.17, 15) is 9.59 Å². The Balaban J connectivity index is 1.78. The summed E-state index contributed by atoms with van der Waals surface area (Å²) in [7, 11) is 2.89. The van der Waals surface area contributed by atoms with Gasteiger partial charge in [0.1, 0.15) is 0 Å². The molecule has 4 aromatic rings. The van der Waals surface area contributed by atoms with E-state index < -0.39 is 0 Å². The summed E-state index contributed by atoms with van der Waals surface area (Å²) in [6.07, 6.45) is 5.33. The van der Waals surface area contributed by atoms with Gasteiger partial charge in [-0.3, -0.25) is 9.59 Å². The fraction of sp³-hybridized carbons (Fsp3) is 0.235. The van der Waals surface area contributed by atoms with E-state index >= 15 is 0 Å². The first kappa shape index (κ1) is 27.0. The van der Waals surface area contributed by atoms with Crippen LogP contribution in [0.4, 0.5) is 0 Å². The van der Waals surface area contributed by atoms with E-state index in [0.29, 0.717) is 24.0 Å². The first-order chi connectivity index (χ1) is 19.3. The molecule has 0 atom stereocenters. The van der Waals surface area contributed by atoms with E-state index in [4.69, 9.17) is 9.47 Å². The highest BCUT2D eigenvalue weighted by Gasteiger charge is 2.41. The molecule has 0 fully saturated rings. The summed E-state index contributed by atoms with van der Waals surface area (Å²) in [4.78, 5) is 35.7. The molecule has 0 aliphatic heterocycles. The van der Waals surface area contributed by atoms with Gasteiger partial charge in [0.15, 0.2) is 11.5 Å². The zero-order valence-corrected chi connectivity index (χ0v) is 23.8. The van der Waals surface area contributed by atoms with Gasteiger partial charge in [-0.1, -0.05) is 59.7 Å². The van der Waals surface area contributed by atoms with E-state index in [2.05, 4.69) is 22.1 Å². The quantitative estimate of drug-likeness (QED) is 0.184. The molecule has 1 aliphatic carbocycles.